The number of hydrogen-bond acceptors (Lipinski definition) is 7. The van der Waals surface area contributed by atoms with E-state index < -0.39 is 0 Å². The smallest absolute Gasteiger partial charge is 0.260 e. The van der Waals surface area contributed by atoms with Crippen molar-refractivity contribution in [2.24, 2.45) is 7.05 Å². The fraction of sp³-hybridized carbons (Fsp3) is 0.375. The number of carbonyl (C=O) groups excluding carboxylic acids is 1. The highest BCUT2D eigenvalue weighted by atomic mass is 32.1. The largest absolute Gasteiger partial charge is 0.479 e. The van der Waals surface area contributed by atoms with E-state index in [9.17, 15) is 4.79 Å². The highest BCUT2D eigenvalue weighted by Crippen LogP contribution is 2.29. The van der Waals surface area contributed by atoms with Crippen LogP contribution in [-0.4, -0.2) is 50.9 Å². The van der Waals surface area contributed by atoms with Crippen LogP contribution in [0, 0.1) is 0 Å². The molecule has 25 heavy (non-hydrogen) atoms. The molecular formula is C16H17N5O3S. The van der Waals surface area contributed by atoms with E-state index in [1.54, 1.807) is 34.2 Å². The molecule has 1 fully saturated rings. The number of thiophene rings is 1. The van der Waals surface area contributed by atoms with Gasteiger partial charge >= 0.3 is 0 Å². The summed E-state index contributed by atoms with van der Waals surface area (Å²) in [6.45, 7) is 1.20. The maximum Gasteiger partial charge on any atom is 0.260 e. The van der Waals surface area contributed by atoms with Crippen LogP contribution in [0.1, 0.15) is 28.5 Å². The Balaban J connectivity index is 1.49. The first kappa shape index (κ1) is 15.8. The fourth-order valence-electron chi connectivity index (χ4n) is 3.00. The Kier molecular flexibility index (Phi) is 4.00. The van der Waals surface area contributed by atoms with Crippen LogP contribution in [0.25, 0.3) is 11.5 Å². The van der Waals surface area contributed by atoms with Crippen molar-refractivity contribution in [1.82, 2.24) is 24.8 Å². The molecule has 0 N–H and O–H groups in total. The van der Waals surface area contributed by atoms with Crippen molar-refractivity contribution in [3.8, 4) is 17.3 Å². The second-order valence-electron chi connectivity index (χ2n) is 5.93. The Hall–Kier alpha value is -2.68. The minimum atomic E-state index is -0.0889. The SMILES string of the molecule is COc1nn(C)cc1C(=O)N1CC[C@@H](c2noc(-c3ccsc3)n2)C1. The summed E-state index contributed by atoms with van der Waals surface area (Å²) in [5.41, 5.74) is 1.40. The van der Waals surface area contributed by atoms with E-state index in [1.165, 1.54) is 7.11 Å². The molecule has 4 rings (SSSR count). The number of likely N-dealkylation sites (tertiary alicyclic amines) is 1. The highest BCUT2D eigenvalue weighted by molar-refractivity contribution is 7.08. The van der Waals surface area contributed by atoms with Crippen LogP contribution in [-0.2, 0) is 7.05 Å². The first-order valence-corrected chi connectivity index (χ1v) is 8.83. The Bertz CT molecular complexity index is 886. The molecule has 3 aromatic heterocycles. The molecule has 1 atom stereocenters. The maximum atomic E-state index is 12.7. The summed E-state index contributed by atoms with van der Waals surface area (Å²) in [5.74, 6) is 1.50. The summed E-state index contributed by atoms with van der Waals surface area (Å²) >= 11 is 1.58. The summed E-state index contributed by atoms with van der Waals surface area (Å²) in [6, 6.07) is 1.95. The molecular weight excluding hydrogens is 342 g/mol. The predicted molar refractivity (Wildman–Crippen MR) is 90.6 cm³/mol. The molecule has 9 heteroatoms. The number of aryl methyl sites for hydroxylation is 1. The number of hydrogen-bond donors (Lipinski definition) is 0. The van der Waals surface area contributed by atoms with E-state index in [1.807, 2.05) is 16.8 Å². The first-order valence-electron chi connectivity index (χ1n) is 7.89. The number of ether oxygens (including phenoxy) is 1. The maximum absolute atomic E-state index is 12.7. The van der Waals surface area contributed by atoms with E-state index >= 15 is 0 Å². The van der Waals surface area contributed by atoms with Gasteiger partial charge in [0, 0.05) is 37.6 Å². The van der Waals surface area contributed by atoms with Gasteiger partial charge in [0.1, 0.15) is 5.56 Å². The Morgan fingerprint density at radius 3 is 3.12 bits per heavy atom. The van der Waals surface area contributed by atoms with Crippen molar-refractivity contribution >= 4 is 17.2 Å². The van der Waals surface area contributed by atoms with Crippen molar-refractivity contribution in [3.63, 3.8) is 0 Å². The van der Waals surface area contributed by atoms with Crippen molar-refractivity contribution in [2.75, 3.05) is 20.2 Å². The van der Waals surface area contributed by atoms with Gasteiger partial charge in [-0.3, -0.25) is 9.48 Å². The number of amides is 1. The monoisotopic (exact) mass is 359 g/mol. The van der Waals surface area contributed by atoms with Crippen molar-refractivity contribution < 1.29 is 14.1 Å². The van der Waals surface area contributed by atoms with Crippen LogP contribution < -0.4 is 4.74 Å². The van der Waals surface area contributed by atoms with Gasteiger partial charge in [-0.05, 0) is 17.9 Å². The third-order valence-corrected chi connectivity index (χ3v) is 4.95. The fourth-order valence-corrected chi connectivity index (χ4v) is 3.63. The Morgan fingerprint density at radius 1 is 1.48 bits per heavy atom. The average molecular weight is 359 g/mol. The average Bonchev–Trinajstić information content (AvgIpc) is 3.38. The van der Waals surface area contributed by atoms with Gasteiger partial charge in [-0.1, -0.05) is 5.16 Å². The van der Waals surface area contributed by atoms with Gasteiger partial charge in [0.05, 0.1) is 12.7 Å². The molecule has 8 nitrogen and oxygen atoms in total. The lowest BCUT2D eigenvalue weighted by Crippen LogP contribution is -2.28. The van der Waals surface area contributed by atoms with Crippen molar-refractivity contribution in [1.29, 1.82) is 0 Å². The number of rotatable bonds is 4. The number of methoxy groups -OCH3 is 1. The summed E-state index contributed by atoms with van der Waals surface area (Å²) < 4.78 is 12.1. The van der Waals surface area contributed by atoms with Gasteiger partial charge < -0.3 is 14.2 Å². The first-order chi connectivity index (χ1) is 12.2. The normalized spacial score (nSPS) is 17.2. The van der Waals surface area contributed by atoms with E-state index in [4.69, 9.17) is 9.26 Å². The molecule has 0 radical (unpaired) electrons. The third kappa shape index (κ3) is 2.91. The molecule has 0 aliphatic carbocycles. The summed E-state index contributed by atoms with van der Waals surface area (Å²) in [7, 11) is 3.27. The van der Waals surface area contributed by atoms with Crippen LogP contribution in [0.3, 0.4) is 0 Å². The lowest BCUT2D eigenvalue weighted by molar-refractivity contribution is 0.0787. The zero-order chi connectivity index (χ0) is 17.4. The highest BCUT2D eigenvalue weighted by Gasteiger charge is 2.33. The summed E-state index contributed by atoms with van der Waals surface area (Å²) in [4.78, 5) is 19.0. The van der Waals surface area contributed by atoms with Gasteiger partial charge in [-0.15, -0.1) is 5.10 Å². The van der Waals surface area contributed by atoms with Crippen LogP contribution in [0.2, 0.25) is 0 Å². The minimum absolute atomic E-state index is 0.0720. The van der Waals surface area contributed by atoms with Gasteiger partial charge in [0.2, 0.25) is 5.88 Å². The molecule has 1 saturated heterocycles. The third-order valence-electron chi connectivity index (χ3n) is 4.27. The van der Waals surface area contributed by atoms with Crippen molar-refractivity contribution in [3.05, 3.63) is 34.4 Å². The number of nitrogens with zero attached hydrogens (tertiary/aromatic N) is 5. The zero-order valence-electron chi connectivity index (χ0n) is 13.9. The molecule has 130 valence electrons. The minimum Gasteiger partial charge on any atom is -0.479 e. The molecule has 3 aromatic rings. The summed E-state index contributed by atoms with van der Waals surface area (Å²) in [5, 5.41) is 12.2. The van der Waals surface area contributed by atoms with E-state index in [-0.39, 0.29) is 11.8 Å². The van der Waals surface area contributed by atoms with Crippen molar-refractivity contribution in [2.45, 2.75) is 12.3 Å². The zero-order valence-corrected chi connectivity index (χ0v) is 14.7. The molecule has 1 aliphatic rings. The van der Waals surface area contributed by atoms with E-state index in [0.717, 1.165) is 12.0 Å². The second kappa shape index (κ2) is 6.32. The number of carbonyl (C=O) groups is 1. The Morgan fingerprint density at radius 2 is 2.36 bits per heavy atom. The molecule has 0 unspecified atom stereocenters. The Labute approximate surface area is 148 Å². The molecule has 0 bridgehead atoms. The molecule has 0 spiro atoms. The lowest BCUT2D eigenvalue weighted by atomic mass is 10.1. The molecule has 1 aliphatic heterocycles. The quantitative estimate of drug-likeness (QED) is 0.710. The number of aromatic nitrogens is 4. The lowest BCUT2D eigenvalue weighted by Gasteiger charge is -2.15. The van der Waals surface area contributed by atoms with Gasteiger partial charge in [0.15, 0.2) is 5.82 Å². The second-order valence-corrected chi connectivity index (χ2v) is 6.71. The van der Waals surface area contributed by atoms with Gasteiger partial charge in [0.25, 0.3) is 11.8 Å². The van der Waals surface area contributed by atoms with Crippen LogP contribution in [0.5, 0.6) is 5.88 Å². The molecule has 1 amide bonds. The van der Waals surface area contributed by atoms with E-state index in [0.29, 0.717) is 36.2 Å². The van der Waals surface area contributed by atoms with Gasteiger partial charge in [-0.2, -0.15) is 16.3 Å². The molecule has 0 aromatic carbocycles. The standard InChI is InChI=1S/C16H17N5O3S/c1-20-8-12(15(18-20)23-2)16(22)21-5-3-10(7-21)13-17-14(24-19-13)11-4-6-25-9-11/h4,6,8-10H,3,5,7H2,1-2H3/t10-/m1/s1. The van der Waals surface area contributed by atoms with Gasteiger partial charge in [-0.25, -0.2) is 0 Å². The van der Waals surface area contributed by atoms with E-state index in [2.05, 4.69) is 15.2 Å². The van der Waals surface area contributed by atoms with Crippen LogP contribution >= 0.6 is 11.3 Å². The molecule has 4 heterocycles. The predicted octanol–water partition coefficient (Wildman–Crippen LogP) is 2.17. The molecule has 0 saturated carbocycles. The topological polar surface area (TPSA) is 86.3 Å². The van der Waals surface area contributed by atoms with Crippen LogP contribution in [0.15, 0.2) is 27.5 Å². The van der Waals surface area contributed by atoms with Crippen LogP contribution in [0.4, 0.5) is 0 Å². The summed E-state index contributed by atoms with van der Waals surface area (Å²) in [6.07, 6.45) is 2.48.